The number of alkyl halides is 3. The lowest BCUT2D eigenvalue weighted by Crippen LogP contribution is -2.21. The molecule has 0 spiro atoms. The number of carboxylic acid groups (broad SMARTS) is 1. The number of para-hydroxylation sites is 1. The lowest BCUT2D eigenvalue weighted by molar-refractivity contribution is -0.137. The molecule has 152 valence electrons. The van der Waals surface area contributed by atoms with Crippen LogP contribution in [0, 0.1) is 6.92 Å². The molecule has 0 bridgehead atoms. The van der Waals surface area contributed by atoms with Crippen LogP contribution in [0.2, 0.25) is 0 Å². The average molecular weight is 440 g/mol. The van der Waals surface area contributed by atoms with Crippen molar-refractivity contribution in [2.45, 2.75) is 13.1 Å². The Morgan fingerprint density at radius 2 is 1.72 bits per heavy atom. The second-order valence-electron chi connectivity index (χ2n) is 5.97. The van der Waals surface area contributed by atoms with E-state index in [1.54, 1.807) is 25.1 Å². The third kappa shape index (κ3) is 4.19. The van der Waals surface area contributed by atoms with Gasteiger partial charge in [-0.1, -0.05) is 36.4 Å². The zero-order valence-corrected chi connectivity index (χ0v) is 16.4. The second kappa shape index (κ2) is 7.97. The van der Waals surface area contributed by atoms with Crippen molar-refractivity contribution in [3.05, 3.63) is 70.6 Å². The summed E-state index contributed by atoms with van der Waals surface area (Å²) in [6, 6.07) is 12.3. The number of aryl methyl sites for hydroxylation is 1. The molecule has 1 heterocycles. The monoisotopic (exact) mass is 440 g/mol. The fraction of sp³-hybridized carbons (Fsp3) is 0.105. The summed E-state index contributed by atoms with van der Waals surface area (Å²) in [6.07, 6.45) is -4.65. The number of carboxylic acids is 1. The van der Waals surface area contributed by atoms with E-state index >= 15 is 0 Å². The normalized spacial score (nSPS) is 12.6. The minimum atomic E-state index is -4.65. The molecule has 3 rings (SSSR count). The van der Waals surface area contributed by atoms with Gasteiger partial charge in [0.2, 0.25) is 0 Å². The Kier molecular flexibility index (Phi) is 5.78. The van der Waals surface area contributed by atoms with Gasteiger partial charge in [0, 0.05) is 10.4 Å². The molecular formula is C19H13F3NO4S2-. The van der Waals surface area contributed by atoms with E-state index < -0.39 is 29.0 Å². The van der Waals surface area contributed by atoms with E-state index in [0.717, 1.165) is 16.4 Å². The highest BCUT2D eigenvalue weighted by atomic mass is 32.2. The summed E-state index contributed by atoms with van der Waals surface area (Å²) in [4.78, 5) is 11.4. The number of benzene rings is 2. The zero-order chi connectivity index (χ0) is 21.3. The van der Waals surface area contributed by atoms with Crippen LogP contribution in [0.5, 0.6) is 0 Å². The van der Waals surface area contributed by atoms with Crippen molar-refractivity contribution in [3.63, 3.8) is 0 Å². The smallest absolute Gasteiger partial charge is 0.417 e. The predicted octanol–water partition coefficient (Wildman–Crippen LogP) is 5.37. The number of anilines is 2. The lowest BCUT2D eigenvalue weighted by atomic mass is 10.1. The molecule has 5 nitrogen and oxygen atoms in total. The van der Waals surface area contributed by atoms with Crippen molar-refractivity contribution in [1.29, 1.82) is 0 Å². The second-order valence-corrected chi connectivity index (χ2v) is 7.82. The molecule has 3 aromatic rings. The minimum absolute atomic E-state index is 0.00522. The van der Waals surface area contributed by atoms with Gasteiger partial charge in [0.1, 0.15) is 4.88 Å². The van der Waals surface area contributed by atoms with Crippen LogP contribution in [0.1, 0.15) is 20.8 Å². The van der Waals surface area contributed by atoms with Crippen molar-refractivity contribution in [2.24, 2.45) is 0 Å². The fourth-order valence-corrected chi connectivity index (χ4v) is 4.59. The highest BCUT2D eigenvalue weighted by molar-refractivity contribution is 7.81. The Morgan fingerprint density at radius 1 is 1.10 bits per heavy atom. The van der Waals surface area contributed by atoms with Gasteiger partial charge in [-0.15, -0.1) is 11.3 Å². The van der Waals surface area contributed by atoms with Gasteiger partial charge in [-0.25, -0.2) is 4.79 Å². The van der Waals surface area contributed by atoms with E-state index in [1.807, 2.05) is 0 Å². The minimum Gasteiger partial charge on any atom is -0.755 e. The maximum Gasteiger partial charge on any atom is 0.417 e. The van der Waals surface area contributed by atoms with Crippen molar-refractivity contribution in [2.75, 3.05) is 4.31 Å². The van der Waals surface area contributed by atoms with Gasteiger partial charge >= 0.3 is 12.1 Å². The first-order chi connectivity index (χ1) is 13.6. The molecule has 1 aromatic heterocycles. The number of carbonyl (C=O) groups is 1. The fourth-order valence-electron chi connectivity index (χ4n) is 2.85. The molecule has 0 radical (unpaired) electrons. The SMILES string of the molecule is Cc1ccccc1N(c1cc(-c2ccccc2C(F)(F)F)sc1C(=O)O)S(=O)[O-]. The first kappa shape index (κ1) is 21.0. The van der Waals surface area contributed by atoms with Crippen LogP contribution in [0.15, 0.2) is 54.6 Å². The summed E-state index contributed by atoms with van der Waals surface area (Å²) in [5.74, 6) is -1.44. The molecule has 0 aliphatic heterocycles. The van der Waals surface area contributed by atoms with Crippen molar-refractivity contribution >= 4 is 39.9 Å². The number of halogens is 3. The molecule has 1 unspecified atom stereocenters. The number of hydrogen-bond donors (Lipinski definition) is 1. The summed E-state index contributed by atoms with van der Waals surface area (Å²) in [5.41, 5.74) is -0.624. The lowest BCUT2D eigenvalue weighted by Gasteiger charge is -2.27. The maximum absolute atomic E-state index is 13.4. The van der Waals surface area contributed by atoms with Crippen LogP contribution >= 0.6 is 11.3 Å². The predicted molar refractivity (Wildman–Crippen MR) is 104 cm³/mol. The molecule has 2 aromatic carbocycles. The van der Waals surface area contributed by atoms with Crippen LogP contribution in [0.4, 0.5) is 24.5 Å². The first-order valence-electron chi connectivity index (χ1n) is 8.10. The van der Waals surface area contributed by atoms with Crippen LogP contribution in [0.3, 0.4) is 0 Å². The Hall–Kier alpha value is -2.69. The summed E-state index contributed by atoms with van der Waals surface area (Å²) < 4.78 is 64.8. The molecule has 0 amide bonds. The van der Waals surface area contributed by atoms with Gasteiger partial charge in [-0.3, -0.25) is 8.51 Å². The van der Waals surface area contributed by atoms with Gasteiger partial charge < -0.3 is 9.66 Å². The van der Waals surface area contributed by atoms with Gasteiger partial charge in [0.05, 0.1) is 28.2 Å². The van der Waals surface area contributed by atoms with E-state index in [0.29, 0.717) is 16.9 Å². The summed E-state index contributed by atoms with van der Waals surface area (Å²) in [5, 5.41) is 9.56. The highest BCUT2D eigenvalue weighted by Gasteiger charge is 2.34. The number of hydrogen-bond acceptors (Lipinski definition) is 4. The largest absolute Gasteiger partial charge is 0.755 e. The summed E-state index contributed by atoms with van der Waals surface area (Å²) >= 11 is -2.32. The quantitative estimate of drug-likeness (QED) is 0.541. The molecule has 0 fully saturated rings. The van der Waals surface area contributed by atoms with Crippen LogP contribution in [0.25, 0.3) is 10.4 Å². The Balaban J connectivity index is 2.25. The molecule has 0 aliphatic rings. The summed E-state index contributed by atoms with van der Waals surface area (Å²) in [7, 11) is 0. The summed E-state index contributed by atoms with van der Waals surface area (Å²) in [6.45, 7) is 1.64. The van der Waals surface area contributed by atoms with Gasteiger partial charge in [0.25, 0.3) is 0 Å². The average Bonchev–Trinajstić information content (AvgIpc) is 3.07. The van der Waals surface area contributed by atoms with E-state index in [1.165, 1.54) is 24.3 Å². The van der Waals surface area contributed by atoms with E-state index in [9.17, 15) is 31.8 Å². The number of thiophene rings is 1. The Bertz CT molecular complexity index is 1100. The third-order valence-electron chi connectivity index (χ3n) is 4.11. The van der Waals surface area contributed by atoms with Gasteiger partial charge in [-0.2, -0.15) is 13.2 Å². The molecule has 0 saturated carbocycles. The Labute approximate surface area is 170 Å². The van der Waals surface area contributed by atoms with E-state index in [2.05, 4.69) is 0 Å². The van der Waals surface area contributed by atoms with Crippen molar-refractivity contribution < 1.29 is 31.8 Å². The van der Waals surface area contributed by atoms with Crippen molar-refractivity contribution in [3.8, 4) is 10.4 Å². The molecule has 10 heteroatoms. The number of rotatable bonds is 5. The highest BCUT2D eigenvalue weighted by Crippen LogP contribution is 2.44. The maximum atomic E-state index is 13.4. The molecule has 29 heavy (non-hydrogen) atoms. The van der Waals surface area contributed by atoms with Gasteiger partial charge in [-0.05, 0) is 30.7 Å². The zero-order valence-electron chi connectivity index (χ0n) is 14.8. The number of aromatic carboxylic acids is 1. The third-order valence-corrected chi connectivity index (χ3v) is 5.94. The Morgan fingerprint density at radius 3 is 2.31 bits per heavy atom. The number of nitrogens with zero attached hydrogens (tertiary/aromatic N) is 1. The molecule has 0 aliphatic carbocycles. The topological polar surface area (TPSA) is 80.7 Å². The molecule has 1 N–H and O–H groups in total. The van der Waals surface area contributed by atoms with E-state index in [4.69, 9.17) is 0 Å². The van der Waals surface area contributed by atoms with Crippen LogP contribution < -0.4 is 4.31 Å². The van der Waals surface area contributed by atoms with Gasteiger partial charge in [0.15, 0.2) is 0 Å². The molecule has 1 atom stereocenters. The standard InChI is InChI=1S/C19H14F3NO4S2/c1-11-6-2-5-9-14(11)23(29(26)27)15-10-16(28-17(15)18(24)25)12-7-3-4-8-13(12)19(20,21)22/h2-10H,1H3,(H,24,25)(H,26,27)/p-1. The molecular weight excluding hydrogens is 427 g/mol. The van der Waals surface area contributed by atoms with Crippen LogP contribution in [-0.2, 0) is 17.4 Å². The van der Waals surface area contributed by atoms with Crippen molar-refractivity contribution in [1.82, 2.24) is 0 Å². The molecule has 0 saturated heterocycles. The van der Waals surface area contributed by atoms with Crippen LogP contribution in [-0.4, -0.2) is 19.8 Å². The first-order valence-corrected chi connectivity index (χ1v) is 9.95. The van der Waals surface area contributed by atoms with E-state index in [-0.39, 0.29) is 26.7 Å².